The maximum absolute atomic E-state index is 5.81. The second-order valence-corrected chi connectivity index (χ2v) is 5.14. The topological polar surface area (TPSA) is 43.5 Å². The average Bonchev–Trinajstić information content (AvgIpc) is 2.89. The van der Waals surface area contributed by atoms with Gasteiger partial charge in [0.1, 0.15) is 12.2 Å². The Kier molecular flexibility index (Phi) is 3.00. The maximum atomic E-state index is 5.81. The van der Waals surface area contributed by atoms with Crippen molar-refractivity contribution in [3.05, 3.63) is 0 Å². The largest absolute Gasteiger partial charge is 0.426 e. The Morgan fingerprint density at radius 3 is 1.92 bits per heavy atom. The van der Waals surface area contributed by atoms with Crippen LogP contribution in [0, 0.1) is 0 Å². The number of epoxide rings is 2. The molecule has 0 aromatic heterocycles. The van der Waals surface area contributed by atoms with Crippen molar-refractivity contribution in [1.82, 2.24) is 0 Å². The standard InChI is InChI=1S/C6H11ClO4Si/c7-12(10-3-5-1-8-5)11-4-6-2-9-6/h5-6,12H,1-4H2. The fourth-order valence-corrected chi connectivity index (χ4v) is 2.01. The van der Waals surface area contributed by atoms with E-state index in [1.807, 2.05) is 0 Å². The van der Waals surface area contributed by atoms with Crippen LogP contribution in [0.1, 0.15) is 0 Å². The molecular formula is C6H11ClO4Si. The zero-order chi connectivity index (χ0) is 8.39. The average molecular weight is 211 g/mol. The molecule has 0 bridgehead atoms. The van der Waals surface area contributed by atoms with E-state index in [1.165, 1.54) is 0 Å². The minimum Gasteiger partial charge on any atom is -0.383 e. The van der Waals surface area contributed by atoms with Gasteiger partial charge in [-0.2, -0.15) is 0 Å². The van der Waals surface area contributed by atoms with Crippen molar-refractivity contribution in [1.29, 1.82) is 0 Å². The molecule has 4 nitrogen and oxygen atoms in total. The van der Waals surface area contributed by atoms with E-state index < -0.39 is 8.59 Å². The molecule has 0 spiro atoms. The molecule has 0 amide bonds. The molecule has 6 heteroatoms. The first kappa shape index (κ1) is 8.92. The molecule has 0 aliphatic carbocycles. The Morgan fingerprint density at radius 2 is 1.58 bits per heavy atom. The fourth-order valence-electron chi connectivity index (χ4n) is 0.743. The van der Waals surface area contributed by atoms with E-state index in [0.717, 1.165) is 13.2 Å². The van der Waals surface area contributed by atoms with Gasteiger partial charge in [-0.3, -0.25) is 0 Å². The third kappa shape index (κ3) is 3.38. The lowest BCUT2D eigenvalue weighted by atomic mass is 10.5. The van der Waals surface area contributed by atoms with Crippen LogP contribution in [0.3, 0.4) is 0 Å². The normalized spacial score (nSPS) is 34.8. The summed E-state index contributed by atoms with van der Waals surface area (Å²) < 4.78 is 20.4. The molecule has 70 valence electrons. The zero-order valence-corrected chi connectivity index (χ0v) is 8.48. The molecule has 2 saturated heterocycles. The summed E-state index contributed by atoms with van der Waals surface area (Å²) in [4.78, 5) is 0. The summed E-state index contributed by atoms with van der Waals surface area (Å²) in [5.74, 6) is 0. The van der Waals surface area contributed by atoms with Gasteiger partial charge in [0.25, 0.3) is 0 Å². The molecule has 2 atom stereocenters. The van der Waals surface area contributed by atoms with Crippen LogP contribution < -0.4 is 0 Å². The highest BCUT2D eigenvalue weighted by atomic mass is 35.6. The zero-order valence-electron chi connectivity index (χ0n) is 6.57. The Bertz CT molecular complexity index is 134. The SMILES string of the molecule is Cl[SiH](OCC1CO1)OCC1CO1. The van der Waals surface area contributed by atoms with Gasteiger partial charge in [-0.15, -0.1) is 11.1 Å². The van der Waals surface area contributed by atoms with Crippen LogP contribution in [0.5, 0.6) is 0 Å². The molecular weight excluding hydrogens is 200 g/mol. The predicted octanol–water partition coefficient (Wildman–Crippen LogP) is -0.227. The summed E-state index contributed by atoms with van der Waals surface area (Å²) >= 11 is 5.81. The molecule has 0 aromatic carbocycles. The van der Waals surface area contributed by atoms with Crippen molar-refractivity contribution in [3.63, 3.8) is 0 Å². The summed E-state index contributed by atoms with van der Waals surface area (Å²) in [7, 11) is -1.92. The first-order valence-electron chi connectivity index (χ1n) is 3.95. The number of ether oxygens (including phenoxy) is 2. The third-order valence-electron chi connectivity index (χ3n) is 1.63. The lowest BCUT2D eigenvalue weighted by Crippen LogP contribution is -2.21. The molecule has 2 fully saturated rings. The maximum Gasteiger partial charge on any atom is 0.426 e. The second-order valence-electron chi connectivity index (χ2n) is 2.85. The van der Waals surface area contributed by atoms with Gasteiger partial charge in [-0.05, 0) is 0 Å². The van der Waals surface area contributed by atoms with E-state index in [1.54, 1.807) is 0 Å². The molecule has 2 aliphatic rings. The molecule has 0 N–H and O–H groups in total. The first-order chi connectivity index (χ1) is 5.84. The highest BCUT2D eigenvalue weighted by Gasteiger charge is 2.27. The molecule has 2 aliphatic heterocycles. The third-order valence-corrected chi connectivity index (χ3v) is 3.30. The highest BCUT2D eigenvalue weighted by molar-refractivity contribution is 6.99. The van der Waals surface area contributed by atoms with Gasteiger partial charge in [0, 0.05) is 0 Å². The number of hydrogen-bond donors (Lipinski definition) is 0. The van der Waals surface area contributed by atoms with Gasteiger partial charge < -0.3 is 18.3 Å². The van der Waals surface area contributed by atoms with E-state index in [0.29, 0.717) is 13.2 Å². The summed E-state index contributed by atoms with van der Waals surface area (Å²) in [6, 6.07) is 0. The van der Waals surface area contributed by atoms with E-state index in [-0.39, 0.29) is 12.2 Å². The quantitative estimate of drug-likeness (QED) is 0.345. The van der Waals surface area contributed by atoms with E-state index in [2.05, 4.69) is 0 Å². The first-order valence-corrected chi connectivity index (χ1v) is 6.64. The lowest BCUT2D eigenvalue weighted by molar-refractivity contribution is 0.182. The Morgan fingerprint density at radius 1 is 1.17 bits per heavy atom. The molecule has 2 unspecified atom stereocenters. The van der Waals surface area contributed by atoms with Crippen LogP contribution >= 0.6 is 11.1 Å². The molecule has 0 aromatic rings. The van der Waals surface area contributed by atoms with E-state index in [9.17, 15) is 0 Å². The van der Waals surface area contributed by atoms with E-state index in [4.69, 9.17) is 29.4 Å². The molecule has 12 heavy (non-hydrogen) atoms. The molecule has 0 saturated carbocycles. The van der Waals surface area contributed by atoms with Crippen molar-refractivity contribution in [2.75, 3.05) is 26.4 Å². The Labute approximate surface area is 77.2 Å². The fraction of sp³-hybridized carbons (Fsp3) is 1.00. The van der Waals surface area contributed by atoms with Gasteiger partial charge in [-0.1, -0.05) is 0 Å². The van der Waals surface area contributed by atoms with Crippen molar-refractivity contribution < 1.29 is 18.3 Å². The summed E-state index contributed by atoms with van der Waals surface area (Å²) in [5, 5.41) is 0. The van der Waals surface area contributed by atoms with Crippen molar-refractivity contribution in [2.24, 2.45) is 0 Å². The second kappa shape index (κ2) is 4.04. The van der Waals surface area contributed by atoms with E-state index >= 15 is 0 Å². The van der Waals surface area contributed by atoms with Crippen LogP contribution in [-0.2, 0) is 18.3 Å². The number of rotatable bonds is 6. The lowest BCUT2D eigenvalue weighted by Gasteiger charge is -2.07. The van der Waals surface area contributed by atoms with Crippen LogP contribution in [0.25, 0.3) is 0 Å². The molecule has 2 rings (SSSR count). The number of hydrogen-bond acceptors (Lipinski definition) is 4. The van der Waals surface area contributed by atoms with Crippen LogP contribution in [0.2, 0.25) is 0 Å². The molecule has 2 heterocycles. The van der Waals surface area contributed by atoms with Gasteiger partial charge in [0.2, 0.25) is 0 Å². The van der Waals surface area contributed by atoms with Crippen LogP contribution in [-0.4, -0.2) is 47.2 Å². The Hall–Kier alpha value is 0.347. The van der Waals surface area contributed by atoms with Gasteiger partial charge >= 0.3 is 8.59 Å². The highest BCUT2D eigenvalue weighted by Crippen LogP contribution is 2.12. The summed E-state index contributed by atoms with van der Waals surface area (Å²) in [6.07, 6.45) is 0.527. The smallest absolute Gasteiger partial charge is 0.383 e. The van der Waals surface area contributed by atoms with Gasteiger partial charge in [0.15, 0.2) is 0 Å². The van der Waals surface area contributed by atoms with Gasteiger partial charge in [0.05, 0.1) is 26.4 Å². The summed E-state index contributed by atoms with van der Waals surface area (Å²) in [6.45, 7) is 2.74. The Balaban J connectivity index is 1.47. The van der Waals surface area contributed by atoms with Gasteiger partial charge in [-0.25, -0.2) is 0 Å². The minimum atomic E-state index is -1.92. The minimum absolute atomic E-state index is 0.263. The molecule has 0 radical (unpaired) electrons. The van der Waals surface area contributed by atoms with Crippen LogP contribution in [0.4, 0.5) is 0 Å². The van der Waals surface area contributed by atoms with Crippen molar-refractivity contribution in [2.45, 2.75) is 12.2 Å². The van der Waals surface area contributed by atoms with Crippen molar-refractivity contribution >= 4 is 19.7 Å². The number of halogens is 1. The summed E-state index contributed by atoms with van der Waals surface area (Å²) in [5.41, 5.74) is 0. The van der Waals surface area contributed by atoms with Crippen molar-refractivity contribution in [3.8, 4) is 0 Å². The predicted molar refractivity (Wildman–Crippen MR) is 44.4 cm³/mol. The monoisotopic (exact) mass is 210 g/mol. The van der Waals surface area contributed by atoms with Crippen LogP contribution in [0.15, 0.2) is 0 Å².